The molecule has 1 unspecified atom stereocenters. The van der Waals surface area contributed by atoms with Gasteiger partial charge in [-0.15, -0.1) is 0 Å². The summed E-state index contributed by atoms with van der Waals surface area (Å²) in [5, 5.41) is 14.1. The highest BCUT2D eigenvalue weighted by Crippen LogP contribution is 2.64. The lowest BCUT2D eigenvalue weighted by Crippen LogP contribution is -2.61. The second-order valence-electron chi connectivity index (χ2n) is 12.2. The van der Waals surface area contributed by atoms with Gasteiger partial charge >= 0.3 is 0 Å². The maximum atomic E-state index is 10.3. The monoisotopic (exact) mass is 411 g/mol. The minimum Gasteiger partial charge on any atom is -0.393 e. The van der Waals surface area contributed by atoms with E-state index < -0.39 is 0 Å². The molecule has 2 aliphatic heterocycles. The zero-order valence-corrected chi connectivity index (χ0v) is 19.4. The van der Waals surface area contributed by atoms with Crippen LogP contribution in [0.25, 0.3) is 0 Å². The lowest BCUT2D eigenvalue weighted by Gasteiger charge is -2.53. The topological polar surface area (TPSA) is 41.5 Å². The molecule has 0 amide bonds. The zero-order chi connectivity index (χ0) is 20.8. The first kappa shape index (κ1) is 20.0. The fraction of sp³-hybridized carbons (Fsp3) is 0.852. The molecule has 0 aromatic rings. The first-order valence-corrected chi connectivity index (χ1v) is 12.8. The van der Waals surface area contributed by atoms with Gasteiger partial charge in [0.25, 0.3) is 0 Å². The highest BCUT2D eigenvalue weighted by Gasteiger charge is 2.57. The Balaban J connectivity index is 1.32. The molecule has 0 aromatic heterocycles. The summed E-state index contributed by atoms with van der Waals surface area (Å²) in [6.07, 6.45) is 11.3. The van der Waals surface area contributed by atoms with Crippen molar-refractivity contribution in [3.8, 4) is 0 Å². The fourth-order valence-electron chi connectivity index (χ4n) is 9.08. The van der Waals surface area contributed by atoms with Crippen LogP contribution in [0.5, 0.6) is 0 Å². The van der Waals surface area contributed by atoms with Gasteiger partial charge in [0.2, 0.25) is 0 Å². The Labute approximate surface area is 182 Å². The van der Waals surface area contributed by atoms with E-state index in [0.717, 1.165) is 43.1 Å². The van der Waals surface area contributed by atoms with Crippen LogP contribution in [0.3, 0.4) is 0 Å². The largest absolute Gasteiger partial charge is 0.393 e. The van der Waals surface area contributed by atoms with Gasteiger partial charge in [0.05, 0.1) is 18.3 Å². The van der Waals surface area contributed by atoms with Crippen LogP contribution in [0.15, 0.2) is 22.8 Å². The van der Waals surface area contributed by atoms with Crippen LogP contribution in [-0.4, -0.2) is 36.0 Å². The Kier molecular flexibility index (Phi) is 4.62. The number of piperidine rings is 1. The molecule has 0 spiro atoms. The van der Waals surface area contributed by atoms with E-state index in [2.05, 4.69) is 39.1 Å². The molecular weight excluding hydrogens is 370 g/mol. The van der Waals surface area contributed by atoms with Gasteiger partial charge in [0.1, 0.15) is 0 Å². The minimum absolute atomic E-state index is 0.110. The van der Waals surface area contributed by atoms with Crippen molar-refractivity contribution in [2.45, 2.75) is 97.0 Å². The number of hydrogen-bond donors (Lipinski definition) is 2. The second-order valence-corrected chi connectivity index (χ2v) is 12.2. The van der Waals surface area contributed by atoms with Crippen molar-refractivity contribution in [3.05, 3.63) is 22.8 Å². The van der Waals surface area contributed by atoms with Gasteiger partial charge in [0, 0.05) is 12.0 Å². The second kappa shape index (κ2) is 6.93. The Morgan fingerprint density at radius 1 is 1.17 bits per heavy atom. The molecular formula is C27H41NO2. The summed E-state index contributed by atoms with van der Waals surface area (Å²) in [6, 6.07) is 0.531. The van der Waals surface area contributed by atoms with Gasteiger partial charge in [-0.05, 0) is 93.4 Å². The van der Waals surface area contributed by atoms with Crippen LogP contribution >= 0.6 is 0 Å². The Morgan fingerprint density at radius 2 is 2.00 bits per heavy atom. The third-order valence-electron chi connectivity index (χ3n) is 10.7. The summed E-state index contributed by atoms with van der Waals surface area (Å²) < 4.78 is 6.89. The number of aliphatic hydroxyl groups is 1. The van der Waals surface area contributed by atoms with Crippen molar-refractivity contribution in [1.82, 2.24) is 5.32 Å². The summed E-state index contributed by atoms with van der Waals surface area (Å²) in [5.74, 6) is 4.30. The highest BCUT2D eigenvalue weighted by atomic mass is 16.5. The van der Waals surface area contributed by atoms with E-state index in [9.17, 15) is 5.11 Å². The SMILES string of the molecule is CC1=C2C[C@@H]3[C@H](CC=C4C[C@H](O)CC[C@]43C)[C@H]2CC2O[C@H]3C[C@@H](C)CN[C@@H]3[C@H](C)[C@H]12. The number of rotatable bonds is 0. The molecule has 4 aliphatic carbocycles. The molecule has 0 aromatic carbocycles. The van der Waals surface area contributed by atoms with Crippen LogP contribution < -0.4 is 5.32 Å². The molecule has 2 saturated heterocycles. The van der Waals surface area contributed by atoms with Crippen LogP contribution in [0.1, 0.15) is 72.6 Å². The van der Waals surface area contributed by atoms with E-state index in [4.69, 9.17) is 4.74 Å². The highest BCUT2D eigenvalue weighted by molar-refractivity contribution is 5.35. The number of aliphatic hydroxyl groups excluding tert-OH is 1. The molecule has 2 heterocycles. The van der Waals surface area contributed by atoms with Crippen molar-refractivity contribution in [1.29, 1.82) is 0 Å². The lowest BCUT2D eigenvalue weighted by molar-refractivity contribution is -0.143. The van der Waals surface area contributed by atoms with Gasteiger partial charge in [-0.25, -0.2) is 0 Å². The molecule has 0 bridgehead atoms. The number of nitrogens with one attached hydrogen (secondary N) is 1. The molecule has 3 heteroatoms. The summed E-state index contributed by atoms with van der Waals surface area (Å²) >= 11 is 0. The Morgan fingerprint density at radius 3 is 2.83 bits per heavy atom. The molecule has 2 N–H and O–H groups in total. The molecule has 3 nitrogen and oxygen atoms in total. The Hall–Kier alpha value is -0.640. The third kappa shape index (κ3) is 2.74. The quantitative estimate of drug-likeness (QED) is 0.560. The molecule has 4 fully saturated rings. The van der Waals surface area contributed by atoms with Crippen LogP contribution in [0.2, 0.25) is 0 Å². The van der Waals surface area contributed by atoms with Crippen molar-refractivity contribution in [3.63, 3.8) is 0 Å². The van der Waals surface area contributed by atoms with E-state index in [1.54, 1.807) is 11.1 Å². The number of hydrogen-bond acceptors (Lipinski definition) is 3. The molecule has 0 radical (unpaired) electrons. The molecule has 6 rings (SSSR count). The predicted molar refractivity (Wildman–Crippen MR) is 120 cm³/mol. The maximum Gasteiger partial charge on any atom is 0.0737 e. The van der Waals surface area contributed by atoms with Gasteiger partial charge in [0.15, 0.2) is 0 Å². The van der Waals surface area contributed by atoms with E-state index in [-0.39, 0.29) is 6.10 Å². The summed E-state index contributed by atoms with van der Waals surface area (Å²) in [6.45, 7) is 11.0. The average molecular weight is 412 g/mol. The standard InChI is InChI=1S/C27H41NO2/c1-14-9-24-26(28-13-14)16(3)25-15(2)20-11-22-19(21(20)12-23(25)30-24)6-5-17-10-18(29)7-8-27(17,22)4/h5,14,16,18-19,21-26,28-29H,6-13H2,1-4H3/t14-,16-,18-,19-,21-,22-,23?,24+,25+,26-,27-/m1/s1. The summed E-state index contributed by atoms with van der Waals surface area (Å²) in [7, 11) is 0. The van der Waals surface area contributed by atoms with E-state index in [1.807, 2.05) is 5.57 Å². The van der Waals surface area contributed by atoms with E-state index in [1.165, 1.54) is 32.1 Å². The van der Waals surface area contributed by atoms with Crippen LogP contribution in [0, 0.1) is 40.9 Å². The number of ether oxygens (including phenoxy) is 1. The lowest BCUT2D eigenvalue weighted by atomic mass is 9.56. The Bertz CT molecular complexity index is 786. The van der Waals surface area contributed by atoms with Gasteiger partial charge in [-0.1, -0.05) is 43.6 Å². The first-order chi connectivity index (χ1) is 14.4. The zero-order valence-electron chi connectivity index (χ0n) is 19.4. The maximum absolute atomic E-state index is 10.3. The minimum atomic E-state index is -0.110. The smallest absolute Gasteiger partial charge is 0.0737 e. The van der Waals surface area contributed by atoms with Crippen molar-refractivity contribution in [2.75, 3.05) is 6.54 Å². The third-order valence-corrected chi connectivity index (χ3v) is 10.7. The first-order valence-electron chi connectivity index (χ1n) is 12.8. The van der Waals surface area contributed by atoms with Gasteiger partial charge in [-0.3, -0.25) is 0 Å². The normalized spacial score (nSPS) is 55.0. The average Bonchev–Trinajstić information content (AvgIpc) is 3.09. The number of allylic oxidation sites excluding steroid dienone is 2. The molecule has 30 heavy (non-hydrogen) atoms. The molecule has 2 saturated carbocycles. The van der Waals surface area contributed by atoms with Crippen molar-refractivity contribution >= 4 is 0 Å². The molecule has 166 valence electrons. The summed E-state index contributed by atoms with van der Waals surface area (Å²) in [5.41, 5.74) is 5.39. The van der Waals surface area contributed by atoms with E-state index >= 15 is 0 Å². The van der Waals surface area contributed by atoms with Crippen LogP contribution in [-0.2, 0) is 4.74 Å². The van der Waals surface area contributed by atoms with Crippen molar-refractivity contribution in [2.24, 2.45) is 40.9 Å². The molecule has 6 aliphatic rings. The summed E-state index contributed by atoms with van der Waals surface area (Å²) in [4.78, 5) is 0. The molecule has 11 atom stereocenters. The predicted octanol–water partition coefficient (Wildman–Crippen LogP) is 4.86. The number of fused-ring (bicyclic) bond motifs is 7. The van der Waals surface area contributed by atoms with Crippen LogP contribution in [0.4, 0.5) is 0 Å². The fourth-order valence-corrected chi connectivity index (χ4v) is 9.08. The van der Waals surface area contributed by atoms with E-state index in [0.29, 0.717) is 35.5 Å². The van der Waals surface area contributed by atoms with Gasteiger partial charge < -0.3 is 15.2 Å². The van der Waals surface area contributed by atoms with Gasteiger partial charge in [-0.2, -0.15) is 0 Å². The van der Waals surface area contributed by atoms with Crippen molar-refractivity contribution < 1.29 is 9.84 Å².